The maximum atomic E-state index is 11.7. The summed E-state index contributed by atoms with van der Waals surface area (Å²) in [6.07, 6.45) is 14.0. The van der Waals surface area contributed by atoms with Gasteiger partial charge < -0.3 is 19.3 Å². The zero-order chi connectivity index (χ0) is 34.5. The molecule has 8 nitrogen and oxygen atoms in total. The molecule has 0 saturated carbocycles. The van der Waals surface area contributed by atoms with Crippen LogP contribution in [0.4, 0.5) is 0 Å². The van der Waals surface area contributed by atoms with Gasteiger partial charge in [0.05, 0.1) is 21.3 Å². The molecular weight excluding hydrogens is 572 g/mol. The minimum absolute atomic E-state index is 0.0175. The molecule has 0 fully saturated rings. The molecule has 8 heteroatoms. The average Bonchev–Trinajstić information content (AvgIpc) is 2.96. The topological polar surface area (TPSA) is 116 Å². The molecule has 0 aromatic heterocycles. The number of ether oxygens (including phenoxy) is 3. The molecule has 0 aromatic rings. The van der Waals surface area contributed by atoms with Crippen LogP contribution in [-0.4, -0.2) is 50.3 Å². The van der Waals surface area contributed by atoms with Gasteiger partial charge in [-0.2, -0.15) is 0 Å². The van der Waals surface area contributed by atoms with Gasteiger partial charge in [0.25, 0.3) is 0 Å². The Labute approximate surface area is 271 Å². The molecule has 0 bridgehead atoms. The SMILES string of the molecule is COC(=O)C(/C=C(\C)CCC1=C(C)CCCC1(C)C)C(=O)O.COC(=O)C(=CC(C)CCC1=C(C)CCCC1(C)C)C(=O)OC. The fourth-order valence-corrected chi connectivity index (χ4v) is 6.69. The second-order valence-electron chi connectivity index (χ2n) is 13.9. The molecule has 2 aliphatic rings. The third-order valence-electron chi connectivity index (χ3n) is 9.42. The van der Waals surface area contributed by atoms with Crippen molar-refractivity contribution in [3.63, 3.8) is 0 Å². The Bertz CT molecular complexity index is 1180. The second kappa shape index (κ2) is 18.1. The third-order valence-corrected chi connectivity index (χ3v) is 9.42. The fourth-order valence-electron chi connectivity index (χ4n) is 6.69. The molecule has 2 rings (SSSR count). The van der Waals surface area contributed by atoms with Crippen molar-refractivity contribution < 1.29 is 38.5 Å². The van der Waals surface area contributed by atoms with Gasteiger partial charge in [0.15, 0.2) is 5.92 Å². The number of carboxylic acid groups (broad SMARTS) is 1. The number of hydrogen-bond acceptors (Lipinski definition) is 7. The molecule has 2 atom stereocenters. The van der Waals surface area contributed by atoms with E-state index >= 15 is 0 Å². The minimum Gasteiger partial charge on any atom is -0.480 e. The Balaban J connectivity index is 0.000000450. The number of allylic oxidation sites excluding steroid dienone is 6. The van der Waals surface area contributed by atoms with E-state index in [1.807, 2.05) is 13.8 Å². The van der Waals surface area contributed by atoms with E-state index in [9.17, 15) is 19.2 Å². The van der Waals surface area contributed by atoms with E-state index in [1.54, 1.807) is 6.08 Å². The first kappa shape index (κ1) is 39.9. The summed E-state index contributed by atoms with van der Waals surface area (Å²) in [6, 6.07) is 0. The summed E-state index contributed by atoms with van der Waals surface area (Å²) >= 11 is 0. The molecule has 0 saturated heterocycles. The lowest BCUT2D eigenvalue weighted by Crippen LogP contribution is -2.23. The van der Waals surface area contributed by atoms with Crippen LogP contribution in [0.5, 0.6) is 0 Å². The molecule has 2 unspecified atom stereocenters. The highest BCUT2D eigenvalue weighted by Gasteiger charge is 2.30. The maximum Gasteiger partial charge on any atom is 0.344 e. The van der Waals surface area contributed by atoms with Crippen molar-refractivity contribution >= 4 is 23.9 Å². The first-order chi connectivity index (χ1) is 20.9. The monoisotopic (exact) mass is 630 g/mol. The van der Waals surface area contributed by atoms with E-state index in [4.69, 9.17) is 5.11 Å². The zero-order valence-electron chi connectivity index (χ0n) is 29.7. The van der Waals surface area contributed by atoms with Gasteiger partial charge in [0, 0.05) is 0 Å². The van der Waals surface area contributed by atoms with Crippen LogP contribution >= 0.6 is 0 Å². The summed E-state index contributed by atoms with van der Waals surface area (Å²) in [5.41, 5.74) is 7.34. The quantitative estimate of drug-likeness (QED) is 0.0571. The molecule has 1 N–H and O–H groups in total. The predicted molar refractivity (Wildman–Crippen MR) is 177 cm³/mol. The van der Waals surface area contributed by atoms with Gasteiger partial charge in [-0.3, -0.25) is 9.59 Å². The van der Waals surface area contributed by atoms with Crippen molar-refractivity contribution in [2.45, 2.75) is 120 Å². The van der Waals surface area contributed by atoms with Crippen molar-refractivity contribution in [2.24, 2.45) is 22.7 Å². The molecule has 254 valence electrons. The summed E-state index contributed by atoms with van der Waals surface area (Å²) in [4.78, 5) is 46.1. The van der Waals surface area contributed by atoms with E-state index < -0.39 is 29.8 Å². The van der Waals surface area contributed by atoms with Gasteiger partial charge in [0.1, 0.15) is 5.57 Å². The van der Waals surface area contributed by atoms with Crippen LogP contribution in [0.15, 0.2) is 45.6 Å². The Kier molecular flexibility index (Phi) is 16.0. The second-order valence-corrected chi connectivity index (χ2v) is 13.9. The molecule has 0 heterocycles. The molecule has 2 aliphatic carbocycles. The smallest absolute Gasteiger partial charge is 0.344 e. The van der Waals surface area contributed by atoms with E-state index in [0.717, 1.165) is 37.7 Å². The van der Waals surface area contributed by atoms with Crippen LogP contribution in [0.3, 0.4) is 0 Å². The number of aliphatic carboxylic acids is 1. The Morgan fingerprint density at radius 1 is 0.800 bits per heavy atom. The van der Waals surface area contributed by atoms with Crippen molar-refractivity contribution in [2.75, 3.05) is 21.3 Å². The third kappa shape index (κ3) is 12.3. The number of esters is 3. The molecule has 0 amide bonds. The standard InChI is InChI=1S/C19H30O4.C18H28O4/c1-13(12-15(17(20)22-5)18(21)23-6)9-10-16-14(2)8-7-11-19(16,3)4;1-12(11-14(16(19)20)17(21)22-5)8-9-15-13(2)7-6-10-18(15,3)4/h12-13H,7-11H2,1-6H3;11,14H,6-10H2,1-5H3,(H,19,20)/b;12-11+. The number of methoxy groups -OCH3 is 3. The van der Waals surface area contributed by atoms with Crippen LogP contribution in [0, 0.1) is 22.7 Å². The summed E-state index contributed by atoms with van der Waals surface area (Å²) in [6.45, 7) is 17.5. The van der Waals surface area contributed by atoms with Gasteiger partial charge in [-0.15, -0.1) is 0 Å². The van der Waals surface area contributed by atoms with Crippen LogP contribution in [-0.2, 0) is 33.4 Å². The summed E-state index contributed by atoms with van der Waals surface area (Å²) in [5.74, 6) is -4.28. The van der Waals surface area contributed by atoms with Crippen LogP contribution < -0.4 is 0 Å². The fraction of sp³-hybridized carbons (Fsp3) is 0.676. The first-order valence-corrected chi connectivity index (χ1v) is 16.2. The van der Waals surface area contributed by atoms with Crippen LogP contribution in [0.2, 0.25) is 0 Å². The highest BCUT2D eigenvalue weighted by Crippen LogP contribution is 2.43. The molecule has 0 spiro atoms. The lowest BCUT2D eigenvalue weighted by atomic mass is 9.71. The van der Waals surface area contributed by atoms with Gasteiger partial charge in [-0.05, 0) is 102 Å². The highest BCUT2D eigenvalue weighted by atomic mass is 16.5. The van der Waals surface area contributed by atoms with E-state index in [1.165, 1.54) is 81.8 Å². The average molecular weight is 631 g/mol. The zero-order valence-corrected chi connectivity index (χ0v) is 29.7. The number of carbonyl (C=O) groups excluding carboxylic acids is 3. The van der Waals surface area contributed by atoms with E-state index in [2.05, 4.69) is 55.8 Å². The Morgan fingerprint density at radius 3 is 1.67 bits per heavy atom. The summed E-state index contributed by atoms with van der Waals surface area (Å²) < 4.78 is 13.9. The van der Waals surface area contributed by atoms with Gasteiger partial charge in [-0.25, -0.2) is 9.59 Å². The summed E-state index contributed by atoms with van der Waals surface area (Å²) in [5, 5.41) is 9.11. The van der Waals surface area contributed by atoms with Gasteiger partial charge in [0.2, 0.25) is 0 Å². The normalized spacial score (nSPS) is 19.0. The number of carboxylic acids is 1. The minimum atomic E-state index is -1.21. The van der Waals surface area contributed by atoms with Gasteiger partial charge in [-0.1, -0.05) is 74.6 Å². The first-order valence-electron chi connectivity index (χ1n) is 16.2. The molecular formula is C37H58O8. The van der Waals surface area contributed by atoms with Crippen molar-refractivity contribution in [3.8, 4) is 0 Å². The van der Waals surface area contributed by atoms with E-state index in [-0.39, 0.29) is 22.3 Å². The number of hydrogen-bond donors (Lipinski definition) is 1. The predicted octanol–water partition coefficient (Wildman–Crippen LogP) is 8.32. The number of rotatable bonds is 12. The Hall–Kier alpha value is -3.16. The van der Waals surface area contributed by atoms with Crippen molar-refractivity contribution in [1.29, 1.82) is 0 Å². The molecule has 0 aromatic carbocycles. The summed E-state index contributed by atoms with van der Waals surface area (Å²) in [7, 11) is 3.74. The lowest BCUT2D eigenvalue weighted by Gasteiger charge is -2.35. The highest BCUT2D eigenvalue weighted by molar-refractivity contribution is 6.13. The molecule has 0 aliphatic heterocycles. The Morgan fingerprint density at radius 2 is 1.27 bits per heavy atom. The van der Waals surface area contributed by atoms with Crippen molar-refractivity contribution in [1.82, 2.24) is 0 Å². The molecule has 0 radical (unpaired) electrons. The van der Waals surface area contributed by atoms with Crippen LogP contribution in [0.25, 0.3) is 0 Å². The molecule has 45 heavy (non-hydrogen) atoms. The number of carbonyl (C=O) groups is 4. The van der Waals surface area contributed by atoms with Crippen molar-refractivity contribution in [3.05, 3.63) is 45.6 Å². The van der Waals surface area contributed by atoms with Crippen LogP contribution in [0.1, 0.15) is 120 Å². The largest absolute Gasteiger partial charge is 0.480 e. The lowest BCUT2D eigenvalue weighted by molar-refractivity contribution is -0.154. The van der Waals surface area contributed by atoms with Gasteiger partial charge >= 0.3 is 23.9 Å². The maximum absolute atomic E-state index is 11.7. The van der Waals surface area contributed by atoms with E-state index in [0.29, 0.717) is 0 Å².